The van der Waals surface area contributed by atoms with Crippen molar-refractivity contribution in [3.63, 3.8) is 0 Å². The van der Waals surface area contributed by atoms with Crippen LogP contribution in [0, 0.1) is 17.6 Å². The number of anilines is 1. The summed E-state index contributed by atoms with van der Waals surface area (Å²) in [5, 5.41) is 2.43. The van der Waals surface area contributed by atoms with Gasteiger partial charge in [-0.15, -0.1) is 0 Å². The van der Waals surface area contributed by atoms with Crippen LogP contribution in [0.5, 0.6) is 0 Å². The molecule has 3 aliphatic heterocycles. The van der Waals surface area contributed by atoms with Gasteiger partial charge in [0.2, 0.25) is 5.91 Å². The van der Waals surface area contributed by atoms with Crippen LogP contribution < -0.4 is 5.32 Å². The van der Waals surface area contributed by atoms with Gasteiger partial charge in [0, 0.05) is 31.1 Å². The Kier molecular flexibility index (Phi) is 5.87. The molecule has 2 aromatic rings. The van der Waals surface area contributed by atoms with Gasteiger partial charge in [-0.2, -0.15) is 13.2 Å². The number of nitrogens with zero attached hydrogens (tertiary/aromatic N) is 4. The number of likely N-dealkylation sites (tertiary alicyclic amines) is 1. The zero-order chi connectivity index (χ0) is 25.8. The fourth-order valence-electron chi connectivity index (χ4n) is 6.00. The number of halogens is 5. The Morgan fingerprint density at radius 2 is 1.92 bits per heavy atom. The fourth-order valence-corrected chi connectivity index (χ4v) is 6.00. The van der Waals surface area contributed by atoms with Crippen molar-refractivity contribution >= 4 is 17.6 Å². The molecule has 1 aromatic heterocycles. The topological polar surface area (TPSA) is 78.4 Å². The normalized spacial score (nSPS) is 25.7. The summed E-state index contributed by atoms with van der Waals surface area (Å²) in [6.45, 7) is 3.07. The van der Waals surface area contributed by atoms with Gasteiger partial charge in [-0.25, -0.2) is 23.5 Å². The van der Waals surface area contributed by atoms with E-state index < -0.39 is 52.0 Å². The highest BCUT2D eigenvalue weighted by Crippen LogP contribution is 2.51. The summed E-state index contributed by atoms with van der Waals surface area (Å²) in [6, 6.07) is 0.339. The molecule has 3 saturated heterocycles. The van der Waals surface area contributed by atoms with Crippen LogP contribution in [0.2, 0.25) is 0 Å². The van der Waals surface area contributed by atoms with E-state index in [4.69, 9.17) is 0 Å². The molecule has 7 nitrogen and oxygen atoms in total. The average molecular weight is 509 g/mol. The lowest BCUT2D eigenvalue weighted by molar-refractivity contribution is -0.138. The SMILES string of the molecule is C[C@@H]1CC2CC(CN3CCCC3=O)(C1)N2C(=O)Nc1cc(-c2ncc(F)cn2)c(C(F)(F)F)cc1F. The molecular formula is C24H24F5N5O2. The van der Waals surface area contributed by atoms with Crippen molar-refractivity contribution in [2.75, 3.05) is 18.4 Å². The first-order valence-electron chi connectivity index (χ1n) is 11.7. The van der Waals surface area contributed by atoms with E-state index in [1.54, 1.807) is 9.80 Å². The maximum absolute atomic E-state index is 14.8. The summed E-state index contributed by atoms with van der Waals surface area (Å²) in [5.74, 6) is -2.22. The third-order valence-electron chi connectivity index (χ3n) is 7.29. The highest BCUT2D eigenvalue weighted by atomic mass is 19.4. The maximum atomic E-state index is 14.8. The van der Waals surface area contributed by atoms with Crippen molar-refractivity contribution in [1.29, 1.82) is 0 Å². The lowest BCUT2D eigenvalue weighted by atomic mass is 9.64. The molecule has 3 amide bonds. The second-order valence-corrected chi connectivity index (χ2v) is 9.95. The smallest absolute Gasteiger partial charge is 0.340 e. The summed E-state index contributed by atoms with van der Waals surface area (Å²) in [4.78, 5) is 36.1. The molecule has 1 saturated carbocycles. The van der Waals surface area contributed by atoms with E-state index in [0.29, 0.717) is 50.7 Å². The number of hydrogen-bond acceptors (Lipinski definition) is 4. The van der Waals surface area contributed by atoms with Crippen molar-refractivity contribution < 1.29 is 31.5 Å². The summed E-state index contributed by atoms with van der Waals surface area (Å²) >= 11 is 0. The van der Waals surface area contributed by atoms with Gasteiger partial charge in [0.1, 0.15) is 5.82 Å². The number of alkyl halides is 3. The van der Waals surface area contributed by atoms with E-state index in [9.17, 15) is 31.5 Å². The Balaban J connectivity index is 1.45. The summed E-state index contributed by atoms with van der Waals surface area (Å²) in [6.07, 6.45) is -0.187. The van der Waals surface area contributed by atoms with Crippen LogP contribution in [0.3, 0.4) is 0 Å². The van der Waals surface area contributed by atoms with Crippen LogP contribution in [-0.4, -0.2) is 56.4 Å². The van der Waals surface area contributed by atoms with Gasteiger partial charge in [0.05, 0.1) is 29.2 Å². The molecule has 4 aliphatic rings. The molecule has 6 rings (SSSR count). The molecule has 1 aromatic carbocycles. The van der Waals surface area contributed by atoms with Gasteiger partial charge in [-0.1, -0.05) is 6.92 Å². The number of urea groups is 1. The quantitative estimate of drug-likeness (QED) is 0.599. The van der Waals surface area contributed by atoms with E-state index in [2.05, 4.69) is 22.2 Å². The standard InChI is InChI=1S/C24H24F5N5O2/c1-13-5-15-9-23(8-13,12-33-4-2-3-20(33)35)34(15)22(36)32-19-6-16(21-30-10-14(25)11-31-21)17(7-18(19)26)24(27,28)29/h6-7,10-11,13,15H,2-5,8-9,12H2,1H3,(H,32,36)/t13-,15?,23?/m1/s1. The van der Waals surface area contributed by atoms with Gasteiger partial charge in [0.25, 0.3) is 0 Å². The van der Waals surface area contributed by atoms with E-state index in [1.807, 2.05) is 0 Å². The first kappa shape index (κ1) is 24.4. The lowest BCUT2D eigenvalue weighted by Gasteiger charge is -2.64. The number of aromatic nitrogens is 2. The second-order valence-electron chi connectivity index (χ2n) is 9.95. The molecule has 2 unspecified atom stereocenters. The minimum Gasteiger partial charge on any atom is -0.340 e. The molecule has 2 bridgehead atoms. The number of carbonyl (C=O) groups is 2. The minimum atomic E-state index is -4.94. The van der Waals surface area contributed by atoms with Crippen molar-refractivity contribution in [3.05, 3.63) is 41.7 Å². The van der Waals surface area contributed by atoms with Gasteiger partial charge >= 0.3 is 12.2 Å². The van der Waals surface area contributed by atoms with E-state index >= 15 is 0 Å². The molecule has 4 fully saturated rings. The monoisotopic (exact) mass is 509 g/mol. The second kappa shape index (κ2) is 8.67. The minimum absolute atomic E-state index is 0.0316. The Morgan fingerprint density at radius 3 is 2.56 bits per heavy atom. The van der Waals surface area contributed by atoms with E-state index in [0.717, 1.165) is 18.9 Å². The fraction of sp³-hybridized carbons (Fsp3) is 0.500. The summed E-state index contributed by atoms with van der Waals surface area (Å²) in [7, 11) is 0. The molecular weight excluding hydrogens is 485 g/mol. The third kappa shape index (κ3) is 4.26. The van der Waals surface area contributed by atoms with Crippen molar-refractivity contribution in [2.45, 2.75) is 56.8 Å². The average Bonchev–Trinajstić information content (AvgIpc) is 3.18. The number of fused-ring (bicyclic) bond motifs is 2. The highest BCUT2D eigenvalue weighted by molar-refractivity contribution is 5.92. The first-order chi connectivity index (χ1) is 17.0. The predicted octanol–water partition coefficient (Wildman–Crippen LogP) is 4.84. The first-order valence-corrected chi connectivity index (χ1v) is 11.7. The van der Waals surface area contributed by atoms with Crippen LogP contribution in [-0.2, 0) is 11.0 Å². The Morgan fingerprint density at radius 1 is 1.19 bits per heavy atom. The zero-order valence-corrected chi connectivity index (χ0v) is 19.4. The number of piperidine rings is 1. The molecule has 36 heavy (non-hydrogen) atoms. The number of hydrogen-bond donors (Lipinski definition) is 1. The number of carbonyl (C=O) groups excluding carboxylic acids is 2. The van der Waals surface area contributed by atoms with Crippen LogP contribution in [0.25, 0.3) is 11.4 Å². The highest BCUT2D eigenvalue weighted by Gasteiger charge is 2.59. The molecule has 3 atom stereocenters. The van der Waals surface area contributed by atoms with Gasteiger partial charge in [0.15, 0.2) is 11.6 Å². The van der Waals surface area contributed by atoms with Crippen LogP contribution in [0.4, 0.5) is 32.4 Å². The molecule has 1 N–H and O–H groups in total. The van der Waals surface area contributed by atoms with Gasteiger partial charge in [-0.3, -0.25) is 4.79 Å². The predicted molar refractivity (Wildman–Crippen MR) is 119 cm³/mol. The number of amides is 3. The summed E-state index contributed by atoms with van der Waals surface area (Å²) in [5.41, 5.74) is -3.00. The summed E-state index contributed by atoms with van der Waals surface area (Å²) < 4.78 is 68.9. The zero-order valence-electron chi connectivity index (χ0n) is 19.4. The molecule has 0 spiro atoms. The number of rotatable bonds is 4. The van der Waals surface area contributed by atoms with Gasteiger partial charge in [-0.05, 0) is 43.7 Å². The number of benzene rings is 1. The lowest BCUT2D eigenvalue weighted by Crippen LogP contribution is -2.75. The van der Waals surface area contributed by atoms with E-state index in [1.165, 1.54) is 0 Å². The van der Waals surface area contributed by atoms with Gasteiger partial charge < -0.3 is 15.1 Å². The molecule has 192 valence electrons. The van der Waals surface area contributed by atoms with Crippen LogP contribution in [0.1, 0.15) is 44.6 Å². The Bertz CT molecular complexity index is 1200. The number of nitrogens with one attached hydrogen (secondary N) is 1. The van der Waals surface area contributed by atoms with E-state index in [-0.39, 0.29) is 18.0 Å². The third-order valence-corrected chi connectivity index (χ3v) is 7.29. The molecule has 12 heteroatoms. The maximum Gasteiger partial charge on any atom is 0.417 e. The Labute approximate surface area is 203 Å². The molecule has 4 heterocycles. The molecule has 1 aliphatic carbocycles. The van der Waals surface area contributed by atoms with Crippen LogP contribution >= 0.6 is 0 Å². The van der Waals surface area contributed by atoms with Crippen molar-refractivity contribution in [2.24, 2.45) is 5.92 Å². The largest absolute Gasteiger partial charge is 0.417 e. The van der Waals surface area contributed by atoms with Crippen LogP contribution in [0.15, 0.2) is 24.5 Å². The Hall–Kier alpha value is -3.31. The van der Waals surface area contributed by atoms with Crippen molar-refractivity contribution in [1.82, 2.24) is 19.8 Å². The molecule has 0 radical (unpaired) electrons. The van der Waals surface area contributed by atoms with Crippen molar-refractivity contribution in [3.8, 4) is 11.4 Å².